The van der Waals surface area contributed by atoms with Crippen LogP contribution in [0.1, 0.15) is 85.6 Å². The number of aryl methyl sites for hydroxylation is 2. The van der Waals surface area contributed by atoms with Crippen LogP contribution in [0.4, 0.5) is 4.39 Å². The van der Waals surface area contributed by atoms with Gasteiger partial charge in [-0.15, -0.1) is 0 Å². The normalized spacial score (nSPS) is 19.2. The lowest BCUT2D eigenvalue weighted by Crippen LogP contribution is -2.47. The molecule has 0 amide bonds. The molecule has 2 aromatic carbocycles. The fourth-order valence-corrected chi connectivity index (χ4v) is 4.94. The third-order valence-corrected chi connectivity index (χ3v) is 7.27. The average molecular weight is 485 g/mol. The first-order valence-electron chi connectivity index (χ1n) is 12.4. The van der Waals surface area contributed by atoms with Crippen LogP contribution < -0.4 is 5.73 Å². The lowest BCUT2D eigenvalue weighted by molar-refractivity contribution is 0.0929. The van der Waals surface area contributed by atoms with Gasteiger partial charge < -0.3 is 11.2 Å². The fraction of sp³-hybridized carbons (Fsp3) is 0.419. The van der Waals surface area contributed by atoms with Crippen molar-refractivity contribution in [1.29, 1.82) is 0 Å². The molecule has 4 heteroatoms. The Bertz CT molecular complexity index is 1120. The zero-order chi connectivity index (χ0) is 25.2. The third-order valence-electron chi connectivity index (χ3n) is 7.27. The lowest BCUT2D eigenvalue weighted by Gasteiger charge is -2.46. The van der Waals surface area contributed by atoms with Crippen LogP contribution in [0.3, 0.4) is 0 Å². The summed E-state index contributed by atoms with van der Waals surface area (Å²) in [4.78, 5) is 2.43. The molecule has 1 aliphatic rings. The Hall–Kier alpha value is -2.69. The molecule has 196 valence electrons. The van der Waals surface area contributed by atoms with E-state index in [0.29, 0.717) is 5.56 Å². The summed E-state index contributed by atoms with van der Waals surface area (Å²) in [5, 5.41) is 0. The lowest BCUT2D eigenvalue weighted by atomic mass is 9.80. The van der Waals surface area contributed by atoms with Crippen molar-refractivity contribution in [2.24, 2.45) is 11.1 Å². The molecular weight excluding hydrogens is 435 g/mol. The molecule has 0 bridgehead atoms. The number of benzene rings is 2. The molecule has 0 unspecified atom stereocenters. The quantitative estimate of drug-likeness (QED) is 0.406. The number of rotatable bonds is 7. The second-order valence-corrected chi connectivity index (χ2v) is 10.8. The maximum absolute atomic E-state index is 15.9. The minimum absolute atomic E-state index is 0. The van der Waals surface area contributed by atoms with Gasteiger partial charge in [-0.2, -0.15) is 0 Å². The molecule has 35 heavy (non-hydrogen) atoms. The van der Waals surface area contributed by atoms with Crippen LogP contribution >= 0.6 is 0 Å². The van der Waals surface area contributed by atoms with E-state index in [2.05, 4.69) is 76.4 Å². The highest BCUT2D eigenvalue weighted by atomic mass is 19.1. The van der Waals surface area contributed by atoms with Gasteiger partial charge in [0.1, 0.15) is 5.82 Å². The van der Waals surface area contributed by atoms with E-state index in [1.807, 2.05) is 26.0 Å². The first-order valence-corrected chi connectivity index (χ1v) is 12.4. The molecular formula is C31H49FN2O. The summed E-state index contributed by atoms with van der Waals surface area (Å²) < 4.78 is 15.9. The van der Waals surface area contributed by atoms with Gasteiger partial charge in [0.2, 0.25) is 0 Å². The van der Waals surface area contributed by atoms with E-state index in [-0.39, 0.29) is 33.1 Å². The summed E-state index contributed by atoms with van der Waals surface area (Å²) in [7, 11) is 0. The summed E-state index contributed by atoms with van der Waals surface area (Å²) in [5.41, 5.74) is 14.8. The molecule has 0 saturated heterocycles. The highest BCUT2D eigenvalue weighted by molar-refractivity contribution is 5.73. The largest absolute Gasteiger partial charge is 0.412 e. The second-order valence-electron chi connectivity index (χ2n) is 10.8. The molecule has 1 aliphatic heterocycles. The zero-order valence-corrected chi connectivity index (χ0v) is 22.5. The summed E-state index contributed by atoms with van der Waals surface area (Å²) >= 11 is 0. The molecule has 0 saturated carbocycles. The first-order chi connectivity index (χ1) is 15.9. The fourth-order valence-electron chi connectivity index (χ4n) is 4.94. The highest BCUT2D eigenvalue weighted by Crippen LogP contribution is 2.44. The van der Waals surface area contributed by atoms with Gasteiger partial charge in [-0.05, 0) is 79.8 Å². The number of hydrogen-bond acceptors (Lipinski definition) is 2. The van der Waals surface area contributed by atoms with Gasteiger partial charge in [-0.3, -0.25) is 4.90 Å². The molecule has 0 aliphatic carbocycles. The Morgan fingerprint density at radius 1 is 1.23 bits per heavy atom. The van der Waals surface area contributed by atoms with Crippen LogP contribution in [-0.4, -0.2) is 23.0 Å². The summed E-state index contributed by atoms with van der Waals surface area (Å²) in [6, 6.07) is 12.0. The summed E-state index contributed by atoms with van der Waals surface area (Å²) in [6.45, 7) is 19.8. The minimum Gasteiger partial charge on any atom is -0.412 e. The third kappa shape index (κ3) is 6.31. The van der Waals surface area contributed by atoms with Gasteiger partial charge in [-0.25, -0.2) is 4.39 Å². The van der Waals surface area contributed by atoms with Crippen molar-refractivity contribution in [2.45, 2.75) is 73.4 Å². The topological polar surface area (TPSA) is 60.8 Å². The Morgan fingerprint density at radius 3 is 2.46 bits per heavy atom. The van der Waals surface area contributed by atoms with Gasteiger partial charge in [-0.1, -0.05) is 75.4 Å². The summed E-state index contributed by atoms with van der Waals surface area (Å²) in [5.74, 6) is -0.202. The van der Waals surface area contributed by atoms with Crippen molar-refractivity contribution in [2.75, 3.05) is 6.54 Å². The van der Waals surface area contributed by atoms with Gasteiger partial charge in [0.25, 0.3) is 0 Å². The number of allylic oxidation sites excluding steroid dienone is 2. The van der Waals surface area contributed by atoms with E-state index >= 15 is 4.39 Å². The molecule has 1 heterocycles. The van der Waals surface area contributed by atoms with Crippen molar-refractivity contribution >= 4 is 11.6 Å². The van der Waals surface area contributed by atoms with Crippen LogP contribution in [0.2, 0.25) is 0 Å². The average Bonchev–Trinajstić information content (AvgIpc) is 2.76. The Morgan fingerprint density at radius 2 is 1.89 bits per heavy atom. The number of hydrogen-bond donors (Lipinski definition) is 1. The second kappa shape index (κ2) is 11.4. The molecule has 4 N–H and O–H groups in total. The smallest absolute Gasteiger partial charge is 0.129 e. The molecule has 0 fully saturated rings. The molecule has 2 aromatic rings. The zero-order valence-electron chi connectivity index (χ0n) is 22.5. The van der Waals surface area contributed by atoms with Crippen molar-refractivity contribution in [1.82, 2.24) is 4.90 Å². The maximum Gasteiger partial charge on any atom is 0.129 e. The molecule has 0 aromatic heterocycles. The van der Waals surface area contributed by atoms with Crippen LogP contribution in [0.25, 0.3) is 11.6 Å². The van der Waals surface area contributed by atoms with Gasteiger partial charge in [0, 0.05) is 28.1 Å². The van der Waals surface area contributed by atoms with E-state index in [9.17, 15) is 0 Å². The minimum atomic E-state index is -0.302. The highest BCUT2D eigenvalue weighted by Gasteiger charge is 2.39. The predicted octanol–water partition coefficient (Wildman–Crippen LogP) is 7.89. The van der Waals surface area contributed by atoms with E-state index in [1.165, 1.54) is 11.1 Å². The number of nitrogens with two attached hydrogens (primary N) is 1. The van der Waals surface area contributed by atoms with Crippen molar-refractivity contribution in [3.8, 4) is 0 Å². The molecule has 2 atom stereocenters. The molecule has 3 nitrogen and oxygen atoms in total. The van der Waals surface area contributed by atoms with Crippen LogP contribution in [0.5, 0.6) is 0 Å². The Labute approximate surface area is 216 Å². The van der Waals surface area contributed by atoms with E-state index < -0.39 is 0 Å². The monoisotopic (exact) mass is 484 g/mol. The predicted molar refractivity (Wildman–Crippen MR) is 155 cm³/mol. The van der Waals surface area contributed by atoms with Crippen molar-refractivity contribution in [3.05, 3.63) is 94.0 Å². The van der Waals surface area contributed by atoms with Crippen LogP contribution in [-0.2, 0) is 0 Å². The Balaban J connectivity index is 0. The van der Waals surface area contributed by atoms with Gasteiger partial charge in [0.05, 0.1) is 6.04 Å². The Kier molecular flexibility index (Phi) is 9.27. The van der Waals surface area contributed by atoms with Crippen LogP contribution in [0.15, 0.2) is 60.3 Å². The molecule has 0 spiro atoms. The van der Waals surface area contributed by atoms with E-state index in [4.69, 9.17) is 5.73 Å². The SMILES string of the molecule is C=C(C)/C=C/c1cc(C)c([C@@H]2C(N)=C(c3ccccc3C)C[C@@H](C)N2CC(C)(C)CC)c(F)c1.O.[HH].[HH].[HH]. The van der Waals surface area contributed by atoms with Gasteiger partial charge >= 0.3 is 0 Å². The van der Waals surface area contributed by atoms with Gasteiger partial charge in [0.15, 0.2) is 0 Å². The van der Waals surface area contributed by atoms with Crippen molar-refractivity contribution in [3.63, 3.8) is 0 Å². The van der Waals surface area contributed by atoms with Crippen molar-refractivity contribution < 1.29 is 14.1 Å². The van der Waals surface area contributed by atoms with Crippen LogP contribution in [0, 0.1) is 25.1 Å². The standard InChI is InChI=1S/C31H41FN2.H2O.3H2/c1-9-31(7,8)19-34-23(6)17-26(25-13-11-10-12-21(25)4)29(33)30(34)28-22(5)16-24(18-27(28)32)15-14-20(2)3;;;;/h10-16,18,23,30H,2,9,17,19,33H2,1,3-8H3;1H2;3*1H/b15-14+;;;;/t23-,30-;;;;/m1..../s1. The molecule has 3 rings (SSSR count). The maximum atomic E-state index is 15.9. The number of nitrogens with zero attached hydrogens (tertiary/aromatic N) is 1. The summed E-state index contributed by atoms with van der Waals surface area (Å²) in [6.07, 6.45) is 5.73. The van der Waals surface area contributed by atoms with E-state index in [0.717, 1.165) is 47.4 Å². The van der Waals surface area contributed by atoms with E-state index in [1.54, 1.807) is 6.07 Å². The first kappa shape index (κ1) is 28.5. The number of halogens is 1. The molecule has 0 radical (unpaired) electrons.